The molecule has 1 saturated carbocycles. The number of amides is 2. The molecule has 218 valence electrons. The van der Waals surface area contributed by atoms with E-state index >= 15 is 0 Å². The number of likely N-dealkylation sites (N-methyl/N-ethyl adjacent to an activating group) is 1. The number of nitrogens with zero attached hydrogens (tertiary/aromatic N) is 2. The Bertz CT molecular complexity index is 1280. The number of hydrogen-bond acceptors (Lipinski definition) is 6. The van der Waals surface area contributed by atoms with Crippen molar-refractivity contribution in [2.75, 3.05) is 32.1 Å². The molecule has 0 spiro atoms. The van der Waals surface area contributed by atoms with E-state index in [1.54, 1.807) is 60.4 Å². The largest absolute Gasteiger partial charge is 0.488 e. The van der Waals surface area contributed by atoms with Crippen molar-refractivity contribution >= 4 is 27.5 Å². The second-order valence-electron chi connectivity index (χ2n) is 11.1. The minimum absolute atomic E-state index is 0.00920. The molecule has 0 aromatic heterocycles. The van der Waals surface area contributed by atoms with Crippen molar-refractivity contribution in [2.24, 2.45) is 11.8 Å². The van der Waals surface area contributed by atoms with E-state index in [1.165, 1.54) is 11.4 Å². The lowest BCUT2D eigenvalue weighted by atomic mass is 9.88. The van der Waals surface area contributed by atoms with Gasteiger partial charge in [-0.15, -0.1) is 0 Å². The monoisotopic (exact) mass is 571 g/mol. The van der Waals surface area contributed by atoms with Crippen LogP contribution in [0.5, 0.6) is 5.75 Å². The summed E-state index contributed by atoms with van der Waals surface area (Å²) in [6.45, 7) is 3.86. The number of fused-ring (bicyclic) bond motifs is 1. The molecule has 3 atom stereocenters. The van der Waals surface area contributed by atoms with Crippen molar-refractivity contribution in [2.45, 2.75) is 69.4 Å². The van der Waals surface area contributed by atoms with Crippen LogP contribution >= 0.6 is 0 Å². The van der Waals surface area contributed by atoms with Gasteiger partial charge in [0.05, 0.1) is 30.5 Å². The molecule has 2 aromatic carbocycles. The molecule has 0 unspecified atom stereocenters. The highest BCUT2D eigenvalue weighted by molar-refractivity contribution is 7.89. The Hall–Kier alpha value is -2.95. The number of benzene rings is 2. The number of sulfonamides is 1. The predicted octanol–water partition coefficient (Wildman–Crippen LogP) is 3.68. The van der Waals surface area contributed by atoms with Gasteiger partial charge in [0.15, 0.2) is 0 Å². The van der Waals surface area contributed by atoms with Gasteiger partial charge in [-0.05, 0) is 50.1 Å². The van der Waals surface area contributed by atoms with Crippen LogP contribution < -0.4 is 10.1 Å². The predicted molar refractivity (Wildman–Crippen MR) is 153 cm³/mol. The maximum atomic E-state index is 13.4. The van der Waals surface area contributed by atoms with Crippen LogP contribution in [0.2, 0.25) is 0 Å². The van der Waals surface area contributed by atoms with Crippen LogP contribution in [0.3, 0.4) is 0 Å². The highest BCUT2D eigenvalue weighted by atomic mass is 32.2. The minimum Gasteiger partial charge on any atom is -0.488 e. The van der Waals surface area contributed by atoms with Gasteiger partial charge in [-0.25, -0.2) is 8.42 Å². The zero-order valence-electron chi connectivity index (χ0n) is 23.6. The van der Waals surface area contributed by atoms with E-state index in [0.717, 1.165) is 32.1 Å². The lowest BCUT2D eigenvalue weighted by Gasteiger charge is -2.33. The van der Waals surface area contributed by atoms with Crippen molar-refractivity contribution < 1.29 is 27.9 Å². The van der Waals surface area contributed by atoms with E-state index in [1.807, 2.05) is 6.92 Å². The van der Waals surface area contributed by atoms with Gasteiger partial charge in [0.1, 0.15) is 11.9 Å². The van der Waals surface area contributed by atoms with Gasteiger partial charge < -0.3 is 20.1 Å². The molecule has 40 heavy (non-hydrogen) atoms. The first-order chi connectivity index (χ1) is 19.1. The Morgan fingerprint density at radius 1 is 1.15 bits per heavy atom. The molecule has 1 aliphatic heterocycles. The first-order valence-corrected chi connectivity index (χ1v) is 15.6. The molecule has 1 fully saturated rings. The van der Waals surface area contributed by atoms with Gasteiger partial charge in [0.2, 0.25) is 21.8 Å². The average molecular weight is 572 g/mol. The summed E-state index contributed by atoms with van der Waals surface area (Å²) in [5.41, 5.74) is 1.20. The molecular weight excluding hydrogens is 530 g/mol. The second-order valence-corrected chi connectivity index (χ2v) is 13.2. The fraction of sp³-hybridized carbons (Fsp3) is 0.533. The Morgan fingerprint density at radius 2 is 1.85 bits per heavy atom. The third kappa shape index (κ3) is 7.03. The molecule has 1 aliphatic carbocycles. The van der Waals surface area contributed by atoms with Crippen molar-refractivity contribution in [3.05, 3.63) is 54.1 Å². The molecule has 2 amide bonds. The number of aliphatic hydroxyl groups excluding tert-OH is 1. The maximum absolute atomic E-state index is 13.4. The number of nitrogens with one attached hydrogen (secondary N) is 1. The van der Waals surface area contributed by atoms with Crippen molar-refractivity contribution in [3.63, 3.8) is 0 Å². The molecule has 4 rings (SSSR count). The van der Waals surface area contributed by atoms with Crippen LogP contribution in [-0.4, -0.2) is 73.4 Å². The normalized spacial score (nSPS) is 21.5. The lowest BCUT2D eigenvalue weighted by molar-refractivity contribution is -0.134. The SMILES string of the molecule is C[C@H](CO)N1C[C@H](C)[C@@H](CN(C)S(=O)(=O)c2ccccc2)Oc2ccc(NC(=O)C3CCCCC3)cc2CC1=O. The van der Waals surface area contributed by atoms with Gasteiger partial charge in [-0.1, -0.05) is 44.4 Å². The smallest absolute Gasteiger partial charge is 0.242 e. The number of ether oxygens (including phenoxy) is 1. The van der Waals surface area contributed by atoms with Gasteiger partial charge in [0.25, 0.3) is 0 Å². The fourth-order valence-corrected chi connectivity index (χ4v) is 6.66. The number of anilines is 1. The number of carbonyl (C=O) groups excluding carboxylic acids is 2. The fourth-order valence-electron chi connectivity index (χ4n) is 5.46. The van der Waals surface area contributed by atoms with Crippen LogP contribution in [0.15, 0.2) is 53.4 Å². The summed E-state index contributed by atoms with van der Waals surface area (Å²) in [5.74, 6) is 0.0441. The number of aliphatic hydroxyl groups is 1. The van der Waals surface area contributed by atoms with Crippen molar-refractivity contribution in [1.82, 2.24) is 9.21 Å². The summed E-state index contributed by atoms with van der Waals surface area (Å²) in [6, 6.07) is 13.1. The van der Waals surface area contributed by atoms with Crippen LogP contribution in [0.1, 0.15) is 51.5 Å². The van der Waals surface area contributed by atoms with Gasteiger partial charge >= 0.3 is 0 Å². The summed E-state index contributed by atoms with van der Waals surface area (Å²) in [4.78, 5) is 28.2. The summed E-state index contributed by atoms with van der Waals surface area (Å²) < 4.78 is 34.3. The molecular formula is C30H41N3O6S. The van der Waals surface area contributed by atoms with Crippen LogP contribution in [0.4, 0.5) is 5.69 Å². The van der Waals surface area contributed by atoms with E-state index in [9.17, 15) is 23.1 Å². The quantitative estimate of drug-likeness (QED) is 0.500. The highest BCUT2D eigenvalue weighted by Crippen LogP contribution is 2.31. The van der Waals surface area contributed by atoms with Crippen molar-refractivity contribution in [3.8, 4) is 5.75 Å². The molecule has 0 radical (unpaired) electrons. The lowest BCUT2D eigenvalue weighted by Crippen LogP contribution is -2.48. The first-order valence-electron chi connectivity index (χ1n) is 14.1. The average Bonchev–Trinajstić information content (AvgIpc) is 3.01. The van der Waals surface area contributed by atoms with E-state index in [4.69, 9.17) is 4.74 Å². The van der Waals surface area contributed by atoms with E-state index in [2.05, 4.69) is 5.32 Å². The number of carbonyl (C=O) groups is 2. The van der Waals surface area contributed by atoms with E-state index in [-0.39, 0.29) is 48.1 Å². The third-order valence-electron chi connectivity index (χ3n) is 8.05. The molecule has 2 aliphatic rings. The Balaban J connectivity index is 1.62. The summed E-state index contributed by atoms with van der Waals surface area (Å²) >= 11 is 0. The summed E-state index contributed by atoms with van der Waals surface area (Å²) in [6.07, 6.45) is 4.48. The zero-order valence-corrected chi connectivity index (χ0v) is 24.4. The van der Waals surface area contributed by atoms with E-state index < -0.39 is 22.2 Å². The zero-order chi connectivity index (χ0) is 28.9. The Morgan fingerprint density at radius 3 is 2.52 bits per heavy atom. The van der Waals surface area contributed by atoms with Crippen LogP contribution in [0.25, 0.3) is 0 Å². The van der Waals surface area contributed by atoms with Gasteiger partial charge in [-0.2, -0.15) is 4.31 Å². The number of hydrogen-bond donors (Lipinski definition) is 2. The van der Waals surface area contributed by atoms with E-state index in [0.29, 0.717) is 23.5 Å². The molecule has 2 aromatic rings. The minimum atomic E-state index is -3.76. The van der Waals surface area contributed by atoms with Gasteiger partial charge in [-0.3, -0.25) is 9.59 Å². The molecule has 0 bridgehead atoms. The Labute approximate surface area is 237 Å². The molecule has 9 nitrogen and oxygen atoms in total. The topological polar surface area (TPSA) is 116 Å². The molecule has 1 heterocycles. The third-order valence-corrected chi connectivity index (χ3v) is 9.89. The molecule has 2 N–H and O–H groups in total. The van der Waals surface area contributed by atoms with Gasteiger partial charge in [0, 0.05) is 36.7 Å². The molecule has 10 heteroatoms. The second kappa shape index (κ2) is 13.1. The van der Waals surface area contributed by atoms with Crippen LogP contribution in [0, 0.1) is 11.8 Å². The first kappa shape index (κ1) is 30.0. The maximum Gasteiger partial charge on any atom is 0.242 e. The molecule has 0 saturated heterocycles. The highest BCUT2D eigenvalue weighted by Gasteiger charge is 2.33. The number of rotatable bonds is 8. The standard InChI is InChI=1S/C30H41N3O6S/c1-21-18-33(22(2)20-34)29(35)17-24-16-25(31-30(36)23-10-6-4-7-11-23)14-15-27(24)39-28(21)19-32(3)40(37,38)26-12-8-5-9-13-26/h5,8-9,12-16,21-23,28,34H,4,6-7,10-11,17-20H2,1-3H3,(H,31,36)/t21-,22+,28+/m0/s1. The summed E-state index contributed by atoms with van der Waals surface area (Å²) in [5, 5.41) is 12.9. The summed E-state index contributed by atoms with van der Waals surface area (Å²) in [7, 11) is -2.24. The van der Waals surface area contributed by atoms with Crippen LogP contribution in [-0.2, 0) is 26.0 Å². The van der Waals surface area contributed by atoms with Crippen molar-refractivity contribution in [1.29, 1.82) is 0 Å². The Kier molecular flexibility index (Phi) is 9.86.